The zero-order valence-corrected chi connectivity index (χ0v) is 20.3. The number of rotatable bonds is 11. The Labute approximate surface area is 209 Å². The molecule has 0 saturated heterocycles. The van der Waals surface area contributed by atoms with E-state index >= 15 is 0 Å². The molecule has 2 N–H and O–H groups in total. The molecule has 188 valence electrons. The summed E-state index contributed by atoms with van der Waals surface area (Å²) in [5, 5.41) is 5.49. The molecule has 3 rings (SSSR count). The molecular weight excluding hydrogens is 464 g/mol. The molecule has 1 unspecified atom stereocenters. The Morgan fingerprint density at radius 3 is 2.19 bits per heavy atom. The number of methoxy groups -OCH3 is 2. The molecule has 0 aromatic heterocycles. The summed E-state index contributed by atoms with van der Waals surface area (Å²) in [6, 6.07) is 20.6. The van der Waals surface area contributed by atoms with E-state index in [1.807, 2.05) is 37.3 Å². The predicted octanol–water partition coefficient (Wildman–Crippen LogP) is 3.76. The first-order valence-electron chi connectivity index (χ1n) is 11.2. The number of benzene rings is 3. The van der Waals surface area contributed by atoms with Crippen LogP contribution in [0.3, 0.4) is 0 Å². The molecule has 0 saturated carbocycles. The van der Waals surface area contributed by atoms with Gasteiger partial charge in [-0.15, -0.1) is 0 Å². The highest BCUT2D eigenvalue weighted by atomic mass is 16.5. The average Bonchev–Trinajstić information content (AvgIpc) is 2.91. The number of amides is 2. The molecule has 0 spiro atoms. The summed E-state index contributed by atoms with van der Waals surface area (Å²) in [5.74, 6) is -0.505. The molecule has 0 fully saturated rings. The van der Waals surface area contributed by atoms with E-state index in [0.29, 0.717) is 11.4 Å². The van der Waals surface area contributed by atoms with Gasteiger partial charge in [0.15, 0.2) is 24.7 Å². The van der Waals surface area contributed by atoms with Gasteiger partial charge in [0.05, 0.1) is 31.5 Å². The number of hydrogen-bond donors (Lipinski definition) is 2. The van der Waals surface area contributed by atoms with E-state index in [4.69, 9.17) is 18.9 Å². The second-order valence-corrected chi connectivity index (χ2v) is 7.68. The van der Waals surface area contributed by atoms with E-state index in [9.17, 15) is 14.4 Å². The van der Waals surface area contributed by atoms with Crippen molar-refractivity contribution in [2.45, 2.75) is 13.0 Å². The van der Waals surface area contributed by atoms with E-state index in [-0.39, 0.29) is 29.7 Å². The lowest BCUT2D eigenvalue weighted by Gasteiger charge is -2.15. The van der Waals surface area contributed by atoms with Gasteiger partial charge in [-0.25, -0.2) is 4.79 Å². The third-order valence-corrected chi connectivity index (χ3v) is 5.15. The zero-order chi connectivity index (χ0) is 25.9. The van der Waals surface area contributed by atoms with E-state index in [0.717, 1.165) is 5.56 Å². The highest BCUT2D eigenvalue weighted by Gasteiger charge is 2.16. The minimum Gasteiger partial charge on any atom is -0.495 e. The minimum atomic E-state index is -0.698. The summed E-state index contributed by atoms with van der Waals surface area (Å²) in [6.07, 6.45) is 0. The van der Waals surface area contributed by atoms with Gasteiger partial charge in [0, 0.05) is 0 Å². The standard InChI is InChI=1S/C27H28N2O7/c1-18(19-9-5-4-6-10-19)28-25(30)17-36-27(32)20-13-14-23(24(15-20)34-3)35-16-26(31)29-21-11-7-8-12-22(21)33-2/h4-15,18H,16-17H2,1-3H3,(H,28,30)(H,29,31). The Hall–Kier alpha value is -4.53. The smallest absolute Gasteiger partial charge is 0.338 e. The topological polar surface area (TPSA) is 112 Å². The van der Waals surface area contributed by atoms with E-state index in [1.54, 1.807) is 24.3 Å². The molecule has 0 bridgehead atoms. The summed E-state index contributed by atoms with van der Waals surface area (Å²) < 4.78 is 21.2. The zero-order valence-electron chi connectivity index (χ0n) is 20.3. The van der Waals surface area contributed by atoms with Crippen LogP contribution in [0, 0.1) is 0 Å². The fraction of sp³-hybridized carbons (Fsp3) is 0.222. The summed E-state index contributed by atoms with van der Waals surface area (Å²) in [7, 11) is 2.92. The van der Waals surface area contributed by atoms with Crippen molar-refractivity contribution < 1.29 is 33.3 Å². The third-order valence-electron chi connectivity index (χ3n) is 5.15. The van der Waals surface area contributed by atoms with Gasteiger partial charge < -0.3 is 29.6 Å². The molecule has 3 aromatic rings. The van der Waals surface area contributed by atoms with E-state index < -0.39 is 24.4 Å². The molecule has 0 aliphatic rings. The van der Waals surface area contributed by atoms with Gasteiger partial charge in [0.1, 0.15) is 5.75 Å². The molecule has 3 aromatic carbocycles. The van der Waals surface area contributed by atoms with Gasteiger partial charge in [-0.3, -0.25) is 9.59 Å². The second-order valence-electron chi connectivity index (χ2n) is 7.68. The first-order valence-corrected chi connectivity index (χ1v) is 11.2. The number of esters is 1. The Morgan fingerprint density at radius 1 is 0.778 bits per heavy atom. The SMILES string of the molecule is COc1ccccc1NC(=O)COc1ccc(C(=O)OCC(=O)NC(C)c2ccccc2)cc1OC. The van der Waals surface area contributed by atoms with Crippen molar-refractivity contribution in [2.75, 3.05) is 32.8 Å². The van der Waals surface area contributed by atoms with Crippen LogP contribution in [0.4, 0.5) is 5.69 Å². The summed E-state index contributed by atoms with van der Waals surface area (Å²) >= 11 is 0. The van der Waals surface area contributed by atoms with Crippen molar-refractivity contribution in [1.82, 2.24) is 5.32 Å². The average molecular weight is 493 g/mol. The van der Waals surface area contributed by atoms with Gasteiger partial charge in [0.2, 0.25) is 0 Å². The number of para-hydroxylation sites is 2. The van der Waals surface area contributed by atoms with Crippen LogP contribution in [-0.2, 0) is 14.3 Å². The number of nitrogens with one attached hydrogen (secondary N) is 2. The number of ether oxygens (including phenoxy) is 4. The van der Waals surface area contributed by atoms with Crippen molar-refractivity contribution in [3.63, 3.8) is 0 Å². The minimum absolute atomic E-state index is 0.168. The maximum absolute atomic E-state index is 12.4. The van der Waals surface area contributed by atoms with Crippen molar-refractivity contribution in [2.24, 2.45) is 0 Å². The molecule has 36 heavy (non-hydrogen) atoms. The maximum atomic E-state index is 12.4. The van der Waals surface area contributed by atoms with Gasteiger partial charge in [-0.05, 0) is 42.8 Å². The quantitative estimate of drug-likeness (QED) is 0.392. The highest BCUT2D eigenvalue weighted by Crippen LogP contribution is 2.29. The van der Waals surface area contributed by atoms with Gasteiger partial charge in [0.25, 0.3) is 11.8 Å². The normalized spacial score (nSPS) is 11.1. The van der Waals surface area contributed by atoms with Crippen LogP contribution in [-0.4, -0.2) is 45.2 Å². The molecular formula is C27H28N2O7. The fourth-order valence-electron chi connectivity index (χ4n) is 3.31. The molecule has 0 radical (unpaired) electrons. The second kappa shape index (κ2) is 12.8. The van der Waals surface area contributed by atoms with Gasteiger partial charge in [-0.1, -0.05) is 42.5 Å². The van der Waals surface area contributed by atoms with Gasteiger partial charge >= 0.3 is 5.97 Å². The monoisotopic (exact) mass is 492 g/mol. The largest absolute Gasteiger partial charge is 0.495 e. The van der Waals surface area contributed by atoms with Crippen LogP contribution in [0.2, 0.25) is 0 Å². The van der Waals surface area contributed by atoms with Crippen LogP contribution in [0.15, 0.2) is 72.8 Å². The van der Waals surface area contributed by atoms with Crippen LogP contribution in [0.25, 0.3) is 0 Å². The Balaban J connectivity index is 1.52. The van der Waals surface area contributed by atoms with Crippen molar-refractivity contribution in [1.29, 1.82) is 0 Å². The first-order chi connectivity index (χ1) is 17.4. The highest BCUT2D eigenvalue weighted by molar-refractivity contribution is 5.94. The van der Waals surface area contributed by atoms with E-state index in [1.165, 1.54) is 32.4 Å². The molecule has 2 amide bonds. The summed E-state index contributed by atoms with van der Waals surface area (Å²) in [6.45, 7) is 1.12. The number of hydrogen-bond acceptors (Lipinski definition) is 7. The molecule has 0 aliphatic heterocycles. The Kier molecular flexibility index (Phi) is 9.27. The number of anilines is 1. The fourth-order valence-corrected chi connectivity index (χ4v) is 3.31. The lowest BCUT2D eigenvalue weighted by Crippen LogP contribution is -2.31. The molecule has 1 atom stereocenters. The lowest BCUT2D eigenvalue weighted by atomic mass is 10.1. The van der Waals surface area contributed by atoms with Crippen molar-refractivity contribution in [3.8, 4) is 17.2 Å². The van der Waals surface area contributed by atoms with Gasteiger partial charge in [-0.2, -0.15) is 0 Å². The van der Waals surface area contributed by atoms with Crippen LogP contribution in [0.5, 0.6) is 17.2 Å². The predicted molar refractivity (Wildman–Crippen MR) is 133 cm³/mol. The van der Waals surface area contributed by atoms with Crippen LogP contribution >= 0.6 is 0 Å². The molecule has 0 heterocycles. The lowest BCUT2D eigenvalue weighted by molar-refractivity contribution is -0.124. The van der Waals surface area contributed by atoms with Crippen molar-refractivity contribution in [3.05, 3.63) is 83.9 Å². The third kappa shape index (κ3) is 7.23. The summed E-state index contributed by atoms with van der Waals surface area (Å²) in [4.78, 5) is 36.9. The van der Waals surface area contributed by atoms with E-state index in [2.05, 4.69) is 10.6 Å². The number of carbonyl (C=O) groups is 3. The summed E-state index contributed by atoms with van der Waals surface area (Å²) in [5.41, 5.74) is 1.62. The van der Waals surface area contributed by atoms with Crippen molar-refractivity contribution >= 4 is 23.5 Å². The Bertz CT molecular complexity index is 1200. The molecule has 0 aliphatic carbocycles. The number of carbonyl (C=O) groups excluding carboxylic acids is 3. The first kappa shape index (κ1) is 26.1. The Morgan fingerprint density at radius 2 is 1.47 bits per heavy atom. The molecule has 9 heteroatoms. The van der Waals surface area contributed by atoms with Crippen LogP contribution in [0.1, 0.15) is 28.9 Å². The molecule has 9 nitrogen and oxygen atoms in total. The maximum Gasteiger partial charge on any atom is 0.338 e. The van der Waals surface area contributed by atoms with Crippen LogP contribution < -0.4 is 24.8 Å².